The molecule has 0 aromatic heterocycles. The molecule has 0 spiro atoms. The van der Waals surface area contributed by atoms with Gasteiger partial charge in [0.2, 0.25) is 5.91 Å². The van der Waals surface area contributed by atoms with Gasteiger partial charge in [0.15, 0.2) is 16.2 Å². The van der Waals surface area contributed by atoms with Crippen LogP contribution in [0.1, 0.15) is 61.6 Å². The molecule has 7 nitrogen and oxygen atoms in total. The molecule has 0 heterocycles. The first kappa shape index (κ1) is 35.4. The lowest BCUT2D eigenvalue weighted by Gasteiger charge is -2.34. The van der Waals surface area contributed by atoms with E-state index in [4.69, 9.17) is 4.18 Å². The van der Waals surface area contributed by atoms with Gasteiger partial charge in [-0.15, -0.1) is 0 Å². The first-order valence-corrected chi connectivity index (χ1v) is 16.3. The lowest BCUT2D eigenvalue weighted by Crippen LogP contribution is -2.40. The van der Waals surface area contributed by atoms with Crippen LogP contribution in [0.4, 0.5) is 0 Å². The zero-order valence-corrected chi connectivity index (χ0v) is 27.6. The van der Waals surface area contributed by atoms with Crippen LogP contribution in [0.25, 0.3) is 6.08 Å². The van der Waals surface area contributed by atoms with Crippen molar-refractivity contribution in [1.82, 2.24) is 5.32 Å². The van der Waals surface area contributed by atoms with Crippen molar-refractivity contribution in [3.63, 3.8) is 0 Å². The summed E-state index contributed by atoms with van der Waals surface area (Å²) in [5.74, 6) is -0.387. The number of carbonyl (C=O) groups excluding carboxylic acids is 1. The minimum absolute atomic E-state index is 0. The van der Waals surface area contributed by atoms with Crippen molar-refractivity contribution in [2.24, 2.45) is 0 Å². The zero-order valence-electron chi connectivity index (χ0n) is 25.3. The van der Waals surface area contributed by atoms with E-state index in [1.807, 2.05) is 66.7 Å². The van der Waals surface area contributed by atoms with Crippen LogP contribution in [0.3, 0.4) is 0 Å². The Morgan fingerprint density at radius 1 is 0.711 bits per heavy atom. The van der Waals surface area contributed by atoms with E-state index in [0.717, 1.165) is 32.1 Å². The van der Waals surface area contributed by atoms with Crippen molar-refractivity contribution < 1.29 is 27.6 Å². The maximum Gasteiger partial charge on any atom is 0.323 e. The number of benzene rings is 4. The van der Waals surface area contributed by atoms with Crippen LogP contribution in [0, 0.1) is 0 Å². The molecular formula is C36H42NO6PS. The third-order valence-electron chi connectivity index (χ3n) is 7.54. The van der Waals surface area contributed by atoms with Crippen LogP contribution >= 0.6 is 9.90 Å². The summed E-state index contributed by atoms with van der Waals surface area (Å²) in [4.78, 5) is 12.1. The van der Waals surface area contributed by atoms with Crippen molar-refractivity contribution in [3.8, 4) is 17.2 Å². The molecule has 0 aliphatic heterocycles. The summed E-state index contributed by atoms with van der Waals surface area (Å²) >= 11 is 0. The number of carbonyl (C=O) groups is 1. The highest BCUT2D eigenvalue weighted by molar-refractivity contribution is 7.88. The Balaban J connectivity index is 0.00000552. The molecule has 4 aromatic carbocycles. The molecule has 0 aliphatic carbocycles. The second kappa shape index (κ2) is 17.4. The van der Waals surface area contributed by atoms with E-state index in [2.05, 4.69) is 5.32 Å². The predicted octanol–water partition coefficient (Wildman–Crippen LogP) is 7.37. The molecule has 45 heavy (non-hydrogen) atoms. The predicted molar refractivity (Wildman–Crippen MR) is 185 cm³/mol. The molecule has 9 heteroatoms. The van der Waals surface area contributed by atoms with Crippen LogP contribution in [0.15, 0.2) is 115 Å². The van der Waals surface area contributed by atoms with Crippen LogP contribution < -0.4 is 9.50 Å². The molecule has 0 aliphatic rings. The topological polar surface area (TPSA) is 113 Å². The summed E-state index contributed by atoms with van der Waals surface area (Å²) in [6.45, 7) is 0.546. The van der Waals surface area contributed by atoms with Crippen LogP contribution in [-0.2, 0) is 19.7 Å². The minimum atomic E-state index is -4.15. The molecule has 1 amide bonds. The molecule has 3 N–H and O–H groups in total. The molecule has 1 atom stereocenters. The zero-order chi connectivity index (χ0) is 31.3. The fourth-order valence-corrected chi connectivity index (χ4v) is 7.00. The lowest BCUT2D eigenvalue weighted by atomic mass is 9.85. The van der Waals surface area contributed by atoms with Gasteiger partial charge in [0.25, 0.3) is 0 Å². The van der Waals surface area contributed by atoms with Crippen molar-refractivity contribution in [2.75, 3.05) is 6.54 Å². The SMILES string of the molecule is O=C(/C=C/c1ccc(O)c(O)c1)NCCCCCCCCC(c1ccccc1)(c1ccccc1)S(=O)(=O)Oc1ccccc1.P. The van der Waals surface area contributed by atoms with Gasteiger partial charge in [-0.25, -0.2) is 0 Å². The molecule has 0 saturated carbocycles. The second-order valence-electron chi connectivity index (χ2n) is 10.7. The van der Waals surface area contributed by atoms with Gasteiger partial charge in [0.05, 0.1) is 0 Å². The van der Waals surface area contributed by atoms with Gasteiger partial charge in [-0.2, -0.15) is 18.3 Å². The summed E-state index contributed by atoms with van der Waals surface area (Å²) in [5.41, 5.74) is 1.96. The van der Waals surface area contributed by atoms with E-state index < -0.39 is 14.9 Å². The highest BCUT2D eigenvalue weighted by Gasteiger charge is 2.48. The maximum absolute atomic E-state index is 14.2. The van der Waals surface area contributed by atoms with E-state index >= 15 is 0 Å². The first-order chi connectivity index (χ1) is 21.3. The van der Waals surface area contributed by atoms with E-state index in [9.17, 15) is 23.4 Å². The number of aromatic hydroxyl groups is 2. The molecule has 1 unspecified atom stereocenters. The van der Waals surface area contributed by atoms with Crippen LogP contribution in [0.2, 0.25) is 0 Å². The lowest BCUT2D eigenvalue weighted by molar-refractivity contribution is -0.116. The van der Waals surface area contributed by atoms with E-state index in [1.165, 1.54) is 18.2 Å². The number of nitrogens with one attached hydrogen (secondary N) is 1. The van der Waals surface area contributed by atoms with E-state index in [-0.39, 0.29) is 33.1 Å². The highest BCUT2D eigenvalue weighted by atomic mass is 32.2. The summed E-state index contributed by atoms with van der Waals surface area (Å²) in [7, 11) is -4.15. The number of hydrogen-bond donors (Lipinski definition) is 3. The highest BCUT2D eigenvalue weighted by Crippen LogP contribution is 2.43. The Hall–Kier alpha value is -4.13. The Kier molecular flexibility index (Phi) is 13.7. The molecular weight excluding hydrogens is 605 g/mol. The number of unbranched alkanes of at least 4 members (excludes halogenated alkanes) is 5. The summed E-state index contributed by atoms with van der Waals surface area (Å²) in [6.07, 6.45) is 8.57. The van der Waals surface area contributed by atoms with Gasteiger partial charge in [0.1, 0.15) is 5.75 Å². The Labute approximate surface area is 269 Å². The van der Waals surface area contributed by atoms with Crippen molar-refractivity contribution >= 4 is 32.0 Å². The maximum atomic E-state index is 14.2. The molecule has 0 fully saturated rings. The van der Waals surface area contributed by atoms with Gasteiger partial charge >= 0.3 is 10.1 Å². The molecule has 0 bridgehead atoms. The molecule has 4 aromatic rings. The summed E-state index contributed by atoms with van der Waals surface area (Å²) in [5, 5.41) is 21.8. The average Bonchev–Trinajstić information content (AvgIpc) is 3.03. The number of phenols is 2. The van der Waals surface area contributed by atoms with Crippen molar-refractivity contribution in [2.45, 2.75) is 49.7 Å². The molecule has 0 radical (unpaired) electrons. The van der Waals surface area contributed by atoms with Gasteiger partial charge in [-0.1, -0.05) is 117 Å². The molecule has 238 valence electrons. The van der Waals surface area contributed by atoms with Gasteiger partial charge in [0, 0.05) is 12.6 Å². The van der Waals surface area contributed by atoms with Crippen molar-refractivity contribution in [1.29, 1.82) is 0 Å². The van der Waals surface area contributed by atoms with E-state index in [1.54, 1.807) is 36.4 Å². The molecule has 0 saturated heterocycles. The number of rotatable bonds is 16. The smallest absolute Gasteiger partial charge is 0.323 e. The van der Waals surface area contributed by atoms with Crippen LogP contribution in [-0.4, -0.2) is 31.1 Å². The second-order valence-corrected chi connectivity index (χ2v) is 12.4. The standard InChI is InChI=1S/C36H39NO6S.H3P/c38-33-24-22-29(28-34(33)39)23-25-35(40)37-27-15-4-2-1-3-14-26-36(30-16-8-5-9-17-30,31-18-10-6-11-19-31)44(41,42)43-32-20-12-7-13-21-32;/h5-13,16-25,28,38-39H,1-4,14-15,26-27H2,(H,37,40);1H3/b25-23+;. The third kappa shape index (κ3) is 9.68. The van der Waals surface area contributed by atoms with Gasteiger partial charge in [-0.05, 0) is 59.9 Å². The normalized spacial score (nSPS) is 11.6. The Bertz CT molecular complexity index is 1570. The summed E-state index contributed by atoms with van der Waals surface area (Å²) in [6, 6.07) is 31.6. The number of amides is 1. The fourth-order valence-electron chi connectivity index (χ4n) is 5.25. The first-order valence-electron chi connectivity index (χ1n) is 14.9. The fraction of sp³-hybridized carbons (Fsp3) is 0.250. The minimum Gasteiger partial charge on any atom is -0.504 e. The third-order valence-corrected chi connectivity index (χ3v) is 9.48. The molecule has 4 rings (SSSR count). The number of phenolic OH excluding ortho intramolecular Hbond substituents is 2. The number of para-hydroxylation sites is 1. The summed E-state index contributed by atoms with van der Waals surface area (Å²) < 4.78 is 32.8. The number of hydrogen-bond acceptors (Lipinski definition) is 6. The van der Waals surface area contributed by atoms with E-state index in [0.29, 0.717) is 36.1 Å². The largest absolute Gasteiger partial charge is 0.504 e. The average molecular weight is 648 g/mol. The quantitative estimate of drug-likeness (QED) is 0.0385. The van der Waals surface area contributed by atoms with Gasteiger partial charge < -0.3 is 19.7 Å². The Morgan fingerprint density at radius 2 is 1.24 bits per heavy atom. The monoisotopic (exact) mass is 647 g/mol. The van der Waals surface area contributed by atoms with Crippen molar-refractivity contribution in [3.05, 3.63) is 132 Å². The van der Waals surface area contributed by atoms with Crippen LogP contribution in [0.5, 0.6) is 17.2 Å². The van der Waals surface area contributed by atoms with Gasteiger partial charge in [-0.3, -0.25) is 4.79 Å². The Morgan fingerprint density at radius 3 is 1.82 bits per heavy atom.